The van der Waals surface area contributed by atoms with Gasteiger partial charge in [0, 0.05) is 6.42 Å². The summed E-state index contributed by atoms with van der Waals surface area (Å²) in [5, 5.41) is 28.4. The number of carboxylic acids is 2. The van der Waals surface area contributed by atoms with Gasteiger partial charge in [0.05, 0.1) is 12.0 Å². The molecule has 0 spiro atoms. The van der Waals surface area contributed by atoms with E-state index in [1.165, 1.54) is 0 Å². The zero-order valence-corrected chi connectivity index (χ0v) is 11.5. The number of alkyl carbamates (subject to hydrolysis) is 1. The number of hydrogen-bond acceptors (Lipinski definition) is 5. The highest BCUT2D eigenvalue weighted by atomic mass is 16.6. The van der Waals surface area contributed by atoms with Crippen molar-refractivity contribution in [3.63, 3.8) is 0 Å². The second kappa shape index (κ2) is 7.33. The smallest absolute Gasteiger partial charge is 0.408 e. The van der Waals surface area contributed by atoms with Gasteiger partial charge in [-0.25, -0.2) is 9.59 Å². The SMILES string of the molecule is CC(C)(C)OC(=O)N[C@@H](C[C@H](CC#N)C(=O)O)C(=O)O. The number of nitriles is 1. The molecule has 3 N–H and O–H groups in total. The van der Waals surface area contributed by atoms with E-state index in [1.807, 2.05) is 0 Å². The zero-order chi connectivity index (χ0) is 15.9. The molecule has 8 heteroatoms. The van der Waals surface area contributed by atoms with Gasteiger partial charge in [0.25, 0.3) is 0 Å². The summed E-state index contributed by atoms with van der Waals surface area (Å²) in [6, 6.07) is 0.236. The van der Waals surface area contributed by atoms with Gasteiger partial charge in [-0.2, -0.15) is 5.26 Å². The van der Waals surface area contributed by atoms with E-state index in [0.717, 1.165) is 0 Å². The van der Waals surface area contributed by atoms with Gasteiger partial charge in [-0.15, -0.1) is 0 Å². The Kier molecular flexibility index (Phi) is 6.49. The van der Waals surface area contributed by atoms with Crippen LogP contribution in [0.25, 0.3) is 0 Å². The van der Waals surface area contributed by atoms with Crippen LogP contribution in [0.4, 0.5) is 4.79 Å². The Morgan fingerprint density at radius 2 is 1.80 bits per heavy atom. The molecular weight excluding hydrogens is 268 g/mol. The summed E-state index contributed by atoms with van der Waals surface area (Å²) in [6.45, 7) is 4.83. The molecule has 0 saturated heterocycles. The van der Waals surface area contributed by atoms with Crippen molar-refractivity contribution < 1.29 is 29.3 Å². The van der Waals surface area contributed by atoms with E-state index >= 15 is 0 Å². The van der Waals surface area contributed by atoms with Crippen molar-refractivity contribution in [1.29, 1.82) is 5.26 Å². The summed E-state index contributed by atoms with van der Waals surface area (Å²) in [5.74, 6) is -3.85. The average Bonchev–Trinajstić information content (AvgIpc) is 2.24. The molecule has 0 aliphatic rings. The molecule has 20 heavy (non-hydrogen) atoms. The largest absolute Gasteiger partial charge is 0.481 e. The Morgan fingerprint density at radius 3 is 2.15 bits per heavy atom. The molecule has 2 atom stereocenters. The van der Waals surface area contributed by atoms with Crippen molar-refractivity contribution in [3.05, 3.63) is 0 Å². The molecule has 8 nitrogen and oxygen atoms in total. The van der Waals surface area contributed by atoms with Crippen molar-refractivity contribution in [2.75, 3.05) is 0 Å². The summed E-state index contributed by atoms with van der Waals surface area (Å²) in [7, 11) is 0. The summed E-state index contributed by atoms with van der Waals surface area (Å²) in [5.41, 5.74) is -0.800. The highest BCUT2D eigenvalue weighted by Crippen LogP contribution is 2.13. The van der Waals surface area contributed by atoms with Crippen molar-refractivity contribution in [2.45, 2.75) is 45.3 Å². The lowest BCUT2D eigenvalue weighted by Crippen LogP contribution is -2.45. The normalized spacial score (nSPS) is 13.7. The molecule has 0 heterocycles. The van der Waals surface area contributed by atoms with Crippen molar-refractivity contribution >= 4 is 18.0 Å². The van der Waals surface area contributed by atoms with Crippen molar-refractivity contribution in [2.24, 2.45) is 5.92 Å². The van der Waals surface area contributed by atoms with Crippen molar-refractivity contribution in [3.8, 4) is 6.07 Å². The quantitative estimate of drug-likeness (QED) is 0.661. The van der Waals surface area contributed by atoms with Gasteiger partial charge in [-0.3, -0.25) is 4.79 Å². The Balaban J connectivity index is 4.74. The molecule has 1 amide bonds. The molecule has 112 valence electrons. The standard InChI is InChI=1S/C12H18N2O6/c1-12(2,3)20-11(19)14-8(10(17)18)6-7(4-5-13)9(15)16/h7-8H,4,6H2,1-3H3,(H,14,19)(H,15,16)(H,17,18)/t7-,8-/m0/s1. The van der Waals surface area contributed by atoms with Gasteiger partial charge in [0.15, 0.2) is 0 Å². The molecule has 0 radical (unpaired) electrons. The maximum Gasteiger partial charge on any atom is 0.408 e. The highest BCUT2D eigenvalue weighted by Gasteiger charge is 2.29. The highest BCUT2D eigenvalue weighted by molar-refractivity contribution is 5.81. The second-order valence-electron chi connectivity index (χ2n) is 5.17. The third-order valence-electron chi connectivity index (χ3n) is 2.20. The predicted octanol–water partition coefficient (Wildman–Crippen LogP) is 0.969. The fourth-order valence-corrected chi connectivity index (χ4v) is 1.34. The first-order valence-electron chi connectivity index (χ1n) is 5.89. The van der Waals surface area contributed by atoms with E-state index in [-0.39, 0.29) is 6.42 Å². The summed E-state index contributed by atoms with van der Waals surface area (Å²) in [4.78, 5) is 33.4. The number of carbonyl (C=O) groups excluding carboxylic acids is 1. The van der Waals surface area contributed by atoms with Crippen LogP contribution in [-0.2, 0) is 14.3 Å². The minimum atomic E-state index is -1.43. The molecular formula is C12H18N2O6. The van der Waals surface area contributed by atoms with E-state index in [1.54, 1.807) is 26.8 Å². The Hall–Kier alpha value is -2.30. The number of amides is 1. The number of nitrogens with one attached hydrogen (secondary N) is 1. The first-order chi connectivity index (χ1) is 9.06. The molecule has 0 bridgehead atoms. The molecule has 0 aliphatic carbocycles. The Bertz CT molecular complexity index is 421. The lowest BCUT2D eigenvalue weighted by atomic mass is 9.97. The molecule has 0 fully saturated rings. The van der Waals surface area contributed by atoms with Gasteiger partial charge >= 0.3 is 18.0 Å². The second-order valence-corrected chi connectivity index (χ2v) is 5.17. The third kappa shape index (κ3) is 7.20. The molecule has 0 aromatic carbocycles. The lowest BCUT2D eigenvalue weighted by molar-refractivity contribution is -0.144. The van der Waals surface area contributed by atoms with Crippen LogP contribution in [0.2, 0.25) is 0 Å². The number of carboxylic acid groups (broad SMARTS) is 2. The number of nitrogens with zero attached hydrogens (tertiary/aromatic N) is 1. The first-order valence-corrected chi connectivity index (χ1v) is 5.89. The van der Waals surface area contributed by atoms with Crippen molar-refractivity contribution in [1.82, 2.24) is 5.32 Å². The number of hydrogen-bond donors (Lipinski definition) is 3. The predicted molar refractivity (Wildman–Crippen MR) is 66.8 cm³/mol. The summed E-state index contributed by atoms with van der Waals surface area (Å²) >= 11 is 0. The monoisotopic (exact) mass is 286 g/mol. The van der Waals surface area contributed by atoms with Crippen LogP contribution in [0.15, 0.2) is 0 Å². The van der Waals surface area contributed by atoms with E-state index < -0.39 is 42.0 Å². The van der Waals surface area contributed by atoms with Crippen LogP contribution in [0.3, 0.4) is 0 Å². The Morgan fingerprint density at radius 1 is 1.25 bits per heavy atom. The zero-order valence-electron chi connectivity index (χ0n) is 11.5. The van der Waals surface area contributed by atoms with Crippen LogP contribution in [0.5, 0.6) is 0 Å². The molecule has 0 unspecified atom stereocenters. The van der Waals surface area contributed by atoms with E-state index in [9.17, 15) is 14.4 Å². The minimum Gasteiger partial charge on any atom is -0.481 e. The van der Waals surface area contributed by atoms with Gasteiger partial charge in [0.2, 0.25) is 0 Å². The molecule has 0 aliphatic heterocycles. The molecule has 0 aromatic heterocycles. The molecule has 0 rings (SSSR count). The van der Waals surface area contributed by atoms with Crippen LogP contribution >= 0.6 is 0 Å². The number of rotatable bonds is 6. The van der Waals surface area contributed by atoms with Crippen LogP contribution in [0.1, 0.15) is 33.6 Å². The van der Waals surface area contributed by atoms with E-state index in [4.69, 9.17) is 20.2 Å². The average molecular weight is 286 g/mol. The maximum atomic E-state index is 11.5. The minimum absolute atomic E-state index is 0.338. The fourth-order valence-electron chi connectivity index (χ4n) is 1.34. The molecule has 0 saturated carbocycles. The van der Waals surface area contributed by atoms with Gasteiger partial charge in [-0.05, 0) is 27.2 Å². The number of carbonyl (C=O) groups is 3. The first kappa shape index (κ1) is 17.7. The Labute approximate surface area is 116 Å². The lowest BCUT2D eigenvalue weighted by Gasteiger charge is -2.22. The third-order valence-corrected chi connectivity index (χ3v) is 2.20. The van der Waals surface area contributed by atoms with Crippen LogP contribution in [-0.4, -0.2) is 39.9 Å². The fraction of sp³-hybridized carbons (Fsp3) is 0.667. The number of aliphatic carboxylic acids is 2. The topological polar surface area (TPSA) is 137 Å². The summed E-state index contributed by atoms with van der Waals surface area (Å²) in [6.07, 6.45) is -1.68. The van der Waals surface area contributed by atoms with Crippen LogP contribution in [0, 0.1) is 17.2 Å². The molecule has 0 aromatic rings. The van der Waals surface area contributed by atoms with Gasteiger partial charge in [0.1, 0.15) is 11.6 Å². The maximum absolute atomic E-state index is 11.5. The van der Waals surface area contributed by atoms with E-state index in [2.05, 4.69) is 5.32 Å². The van der Waals surface area contributed by atoms with Crippen LogP contribution < -0.4 is 5.32 Å². The summed E-state index contributed by atoms with van der Waals surface area (Å²) < 4.78 is 4.89. The van der Waals surface area contributed by atoms with Gasteiger partial charge < -0.3 is 20.3 Å². The number of ether oxygens (including phenoxy) is 1. The van der Waals surface area contributed by atoms with Gasteiger partial charge in [-0.1, -0.05) is 0 Å². The van der Waals surface area contributed by atoms with E-state index in [0.29, 0.717) is 0 Å².